The molecule has 2 amide bonds. The van der Waals surface area contributed by atoms with Crippen molar-refractivity contribution in [2.75, 3.05) is 40.5 Å². The molecule has 3 fully saturated rings. The minimum Gasteiger partial charge on any atom is -0.493 e. The predicted octanol–water partition coefficient (Wildman–Crippen LogP) is 2.58. The molecule has 1 aromatic rings. The van der Waals surface area contributed by atoms with Crippen LogP contribution in [0.25, 0.3) is 0 Å². The Balaban J connectivity index is 1.68. The van der Waals surface area contributed by atoms with Crippen molar-refractivity contribution in [2.24, 2.45) is 23.2 Å². The first-order chi connectivity index (χ1) is 19.5. The van der Waals surface area contributed by atoms with E-state index in [9.17, 15) is 24.6 Å². The Bertz CT molecular complexity index is 1170. The maximum atomic E-state index is 13.5. The van der Waals surface area contributed by atoms with Gasteiger partial charge in [-0.25, -0.2) is 0 Å². The summed E-state index contributed by atoms with van der Waals surface area (Å²) in [5, 5.41) is 23.7. The van der Waals surface area contributed by atoms with Gasteiger partial charge in [-0.1, -0.05) is 13.8 Å². The quantitative estimate of drug-likeness (QED) is 0.226. The van der Waals surface area contributed by atoms with Crippen molar-refractivity contribution in [1.29, 1.82) is 0 Å². The van der Waals surface area contributed by atoms with E-state index in [1.54, 1.807) is 23.1 Å². The number of fused-ring (bicyclic) bond motifs is 2. The summed E-state index contributed by atoms with van der Waals surface area (Å²) in [6.07, 6.45) is 3.50. The first-order valence-corrected chi connectivity index (χ1v) is 15.2. The number of hydrogen-bond acceptors (Lipinski definition) is 8. The Morgan fingerprint density at radius 3 is 2.61 bits per heavy atom. The molecule has 0 heterocycles. The van der Waals surface area contributed by atoms with E-state index in [0.717, 1.165) is 19.3 Å². The highest BCUT2D eigenvalue weighted by molar-refractivity contribution is 14.1. The standard InChI is InChI=1S/C30H41IN2O8/c1-30(2)20-6-5-18(21(30)13-20)14-33(26(36)16-39-3)23-11-19(29(38)32-7-8-34)12-24(27(23)37)41-28-22(31)9-17(15-35)10-25(28)40-4/h9-10,12,15,18,20-21,23-24,27,34,37H,5-8,11,13-14,16H2,1-4H3,(H,32,38). The van der Waals surface area contributed by atoms with Gasteiger partial charge in [0.05, 0.1) is 23.3 Å². The smallest absolute Gasteiger partial charge is 0.248 e. The van der Waals surface area contributed by atoms with Crippen molar-refractivity contribution in [2.45, 2.75) is 57.8 Å². The lowest BCUT2D eigenvalue weighted by Crippen LogP contribution is -2.60. The maximum absolute atomic E-state index is 13.5. The highest BCUT2D eigenvalue weighted by Crippen LogP contribution is 2.61. The molecule has 0 radical (unpaired) electrons. The average Bonchev–Trinajstić information content (AvgIpc) is 2.96. The summed E-state index contributed by atoms with van der Waals surface area (Å²) in [7, 11) is 2.92. The summed E-state index contributed by atoms with van der Waals surface area (Å²) in [5.74, 6) is 1.44. The summed E-state index contributed by atoms with van der Waals surface area (Å²) in [6.45, 7) is 4.76. The van der Waals surface area contributed by atoms with E-state index in [-0.39, 0.29) is 43.4 Å². The van der Waals surface area contributed by atoms with Gasteiger partial charge in [-0.15, -0.1) is 0 Å². The third-order valence-corrected chi connectivity index (χ3v) is 10.1. The number of nitrogens with zero attached hydrogens (tertiary/aromatic N) is 1. The Morgan fingerprint density at radius 1 is 1.24 bits per heavy atom. The molecule has 0 aromatic heterocycles. The van der Waals surface area contributed by atoms with Gasteiger partial charge in [0.1, 0.15) is 25.1 Å². The minimum absolute atomic E-state index is 0.0696. The van der Waals surface area contributed by atoms with Gasteiger partial charge < -0.3 is 34.6 Å². The lowest BCUT2D eigenvalue weighted by molar-refractivity contribution is -0.151. The number of carbonyl (C=O) groups is 3. The summed E-state index contributed by atoms with van der Waals surface area (Å²) in [5.41, 5.74) is 0.969. The van der Waals surface area contributed by atoms with Gasteiger partial charge in [-0.2, -0.15) is 0 Å². The number of aliphatic hydroxyl groups is 2. The van der Waals surface area contributed by atoms with Gasteiger partial charge in [-0.05, 0) is 83.2 Å². The van der Waals surface area contributed by atoms with Crippen LogP contribution in [0.15, 0.2) is 23.8 Å². The molecule has 0 aliphatic heterocycles. The number of methoxy groups -OCH3 is 2. The van der Waals surface area contributed by atoms with Crippen LogP contribution in [0, 0.1) is 26.7 Å². The minimum atomic E-state index is -1.16. The van der Waals surface area contributed by atoms with Gasteiger partial charge in [0, 0.05) is 37.8 Å². The highest BCUT2D eigenvalue weighted by atomic mass is 127. The van der Waals surface area contributed by atoms with Crippen molar-refractivity contribution in [3.63, 3.8) is 0 Å². The molecular formula is C30H41IN2O8. The van der Waals surface area contributed by atoms with E-state index >= 15 is 0 Å². The molecule has 1 aromatic carbocycles. The molecule has 10 nitrogen and oxygen atoms in total. The van der Waals surface area contributed by atoms with E-state index in [0.29, 0.717) is 50.9 Å². The van der Waals surface area contributed by atoms with E-state index in [1.165, 1.54) is 14.2 Å². The monoisotopic (exact) mass is 684 g/mol. The summed E-state index contributed by atoms with van der Waals surface area (Å²) in [6, 6.07) is 2.43. The van der Waals surface area contributed by atoms with Crippen LogP contribution in [0.2, 0.25) is 0 Å². The lowest BCUT2D eigenvalue weighted by atomic mass is 9.45. The Labute approximate surface area is 254 Å². The third-order valence-electron chi connectivity index (χ3n) is 9.28. The fourth-order valence-electron chi connectivity index (χ4n) is 6.90. The fraction of sp³-hybridized carbons (Fsp3) is 0.633. The van der Waals surface area contributed by atoms with Crippen molar-refractivity contribution < 1.29 is 38.8 Å². The van der Waals surface area contributed by atoms with E-state index in [4.69, 9.17) is 14.2 Å². The predicted molar refractivity (Wildman–Crippen MR) is 160 cm³/mol. The number of carbonyl (C=O) groups excluding carboxylic acids is 3. The summed E-state index contributed by atoms with van der Waals surface area (Å²) >= 11 is 2.03. The van der Waals surface area contributed by atoms with Crippen LogP contribution < -0.4 is 14.8 Å². The molecular weight excluding hydrogens is 643 g/mol. The number of hydrogen-bond donors (Lipinski definition) is 3. The molecule has 5 rings (SSSR count). The van der Waals surface area contributed by atoms with Crippen LogP contribution in [0.3, 0.4) is 0 Å². The second-order valence-electron chi connectivity index (χ2n) is 11.8. The molecule has 2 bridgehead atoms. The molecule has 6 unspecified atom stereocenters. The zero-order chi connectivity index (χ0) is 29.9. The number of aliphatic hydroxyl groups excluding tert-OH is 2. The normalized spacial score (nSPS) is 28.1. The van der Waals surface area contributed by atoms with Crippen molar-refractivity contribution in [3.8, 4) is 11.5 Å². The molecule has 0 spiro atoms. The topological polar surface area (TPSA) is 135 Å². The Morgan fingerprint density at radius 2 is 2.00 bits per heavy atom. The molecule has 6 atom stereocenters. The second-order valence-corrected chi connectivity index (χ2v) is 13.0. The van der Waals surface area contributed by atoms with Crippen LogP contribution in [0.4, 0.5) is 0 Å². The SMILES string of the molecule is COCC(=O)N(CC1CCC2CC1C2(C)C)C1CC(C(=O)NCCO)=CC(Oc2c(I)cc(C=O)cc2OC)C1O. The first kappa shape index (κ1) is 31.7. The van der Waals surface area contributed by atoms with Gasteiger partial charge in [0.2, 0.25) is 11.8 Å². The number of benzene rings is 1. The van der Waals surface area contributed by atoms with E-state index in [1.807, 2.05) is 22.6 Å². The number of aldehydes is 1. The second kappa shape index (κ2) is 13.4. The molecule has 3 saturated carbocycles. The lowest BCUT2D eigenvalue weighted by Gasteiger charge is -2.61. The Kier molecular flexibility index (Phi) is 10.4. The van der Waals surface area contributed by atoms with E-state index in [2.05, 4.69) is 19.2 Å². The number of rotatable bonds is 12. The average molecular weight is 685 g/mol. The number of amides is 2. The van der Waals surface area contributed by atoms with Crippen LogP contribution in [0.5, 0.6) is 11.5 Å². The molecule has 41 heavy (non-hydrogen) atoms. The zero-order valence-electron chi connectivity index (χ0n) is 24.1. The largest absolute Gasteiger partial charge is 0.493 e. The van der Waals surface area contributed by atoms with Crippen LogP contribution in [0.1, 0.15) is 49.9 Å². The van der Waals surface area contributed by atoms with Crippen LogP contribution in [-0.2, 0) is 14.3 Å². The first-order valence-electron chi connectivity index (χ1n) is 14.1. The highest BCUT2D eigenvalue weighted by Gasteiger charge is 2.55. The van der Waals surface area contributed by atoms with Crippen molar-refractivity contribution >= 4 is 40.7 Å². The van der Waals surface area contributed by atoms with Crippen molar-refractivity contribution in [1.82, 2.24) is 10.2 Å². The Hall–Kier alpha value is -2.22. The fourth-order valence-corrected chi connectivity index (χ4v) is 7.65. The molecule has 4 aliphatic rings. The van der Waals surface area contributed by atoms with Crippen LogP contribution in [-0.4, -0.2) is 92.0 Å². The molecule has 226 valence electrons. The molecule has 3 N–H and O–H groups in total. The van der Waals surface area contributed by atoms with E-state index < -0.39 is 24.2 Å². The molecule has 4 aliphatic carbocycles. The number of ether oxygens (including phenoxy) is 3. The molecule has 0 saturated heterocycles. The number of nitrogens with one attached hydrogen (secondary N) is 1. The van der Waals surface area contributed by atoms with Crippen molar-refractivity contribution in [3.05, 3.63) is 32.9 Å². The van der Waals surface area contributed by atoms with Gasteiger partial charge in [0.25, 0.3) is 0 Å². The van der Waals surface area contributed by atoms with Gasteiger partial charge >= 0.3 is 0 Å². The summed E-state index contributed by atoms with van der Waals surface area (Å²) in [4.78, 5) is 39.7. The van der Waals surface area contributed by atoms with Gasteiger partial charge in [-0.3, -0.25) is 14.4 Å². The molecule has 11 heteroatoms. The van der Waals surface area contributed by atoms with Gasteiger partial charge in [0.15, 0.2) is 11.5 Å². The zero-order valence-corrected chi connectivity index (χ0v) is 26.3. The third kappa shape index (κ3) is 6.57. The maximum Gasteiger partial charge on any atom is 0.248 e. The summed E-state index contributed by atoms with van der Waals surface area (Å²) < 4.78 is 17.6. The number of halogens is 1. The van der Waals surface area contributed by atoms with Crippen LogP contribution >= 0.6 is 22.6 Å².